The van der Waals surface area contributed by atoms with Crippen LogP contribution < -0.4 is 0 Å². The van der Waals surface area contributed by atoms with Gasteiger partial charge in [-0.05, 0) is 37.5 Å². The van der Waals surface area contributed by atoms with E-state index >= 15 is 0 Å². The molecule has 27 heavy (non-hydrogen) atoms. The first-order valence-electron chi connectivity index (χ1n) is 10.4. The summed E-state index contributed by atoms with van der Waals surface area (Å²) in [4.78, 5) is 29.2. The van der Waals surface area contributed by atoms with Crippen LogP contribution in [0.1, 0.15) is 89.0 Å². The van der Waals surface area contributed by atoms with Gasteiger partial charge in [-0.2, -0.15) is 0 Å². The van der Waals surface area contributed by atoms with Gasteiger partial charge in [0.1, 0.15) is 0 Å². The van der Waals surface area contributed by atoms with E-state index in [1.807, 2.05) is 51.6 Å². The molecule has 0 aliphatic heterocycles. The summed E-state index contributed by atoms with van der Waals surface area (Å²) in [5.74, 6) is 0.348. The van der Waals surface area contributed by atoms with Crippen molar-refractivity contribution in [1.29, 1.82) is 0 Å². The second-order valence-corrected chi connectivity index (χ2v) is 11.3. The molecule has 0 saturated heterocycles. The van der Waals surface area contributed by atoms with Crippen molar-refractivity contribution >= 4 is 11.8 Å². The van der Waals surface area contributed by atoms with E-state index < -0.39 is 0 Å². The highest BCUT2D eigenvalue weighted by molar-refractivity contribution is 5.81. The topological polar surface area (TPSA) is 40.6 Å². The number of carbonyl (C=O) groups is 2. The lowest BCUT2D eigenvalue weighted by molar-refractivity contribution is -0.143. The quantitative estimate of drug-likeness (QED) is 0.606. The van der Waals surface area contributed by atoms with E-state index in [2.05, 4.69) is 48.5 Å². The zero-order valence-corrected chi connectivity index (χ0v) is 20.4. The summed E-state index contributed by atoms with van der Waals surface area (Å²) < 4.78 is 0. The molecule has 0 aromatic rings. The third kappa shape index (κ3) is 7.12. The maximum absolute atomic E-state index is 12.9. The van der Waals surface area contributed by atoms with Crippen molar-refractivity contribution in [2.75, 3.05) is 14.1 Å². The molecule has 0 heterocycles. The van der Waals surface area contributed by atoms with E-state index in [1.165, 1.54) is 0 Å². The molecule has 0 saturated carbocycles. The van der Waals surface area contributed by atoms with Crippen molar-refractivity contribution in [2.24, 2.45) is 22.2 Å². The molecule has 160 valence electrons. The Morgan fingerprint density at radius 3 is 1.59 bits per heavy atom. The molecule has 0 aliphatic rings. The second kappa shape index (κ2) is 8.96. The number of hydrogen-bond donors (Lipinski definition) is 0. The van der Waals surface area contributed by atoms with E-state index in [-0.39, 0.29) is 46.1 Å². The Bertz CT molecular complexity index is 511. The van der Waals surface area contributed by atoms with Crippen molar-refractivity contribution in [3.63, 3.8) is 0 Å². The number of carbonyl (C=O) groups excluding carboxylic acids is 2. The number of hydrogen-bond acceptors (Lipinski definition) is 2. The summed E-state index contributed by atoms with van der Waals surface area (Å²) >= 11 is 0. The molecule has 0 aromatic carbocycles. The standard InChI is InChI=1S/C23H46N2O2/c1-16(19(26)24(12)17(2)21(4,5)6)14-15-23(10,11)18(3)25(13)20(27)22(7,8)9/h16-18H,14-15H2,1-13H3/t16?,17-,18+/m1/s1. The minimum absolute atomic E-state index is 0.0186. The average molecular weight is 383 g/mol. The van der Waals surface area contributed by atoms with E-state index in [0.29, 0.717) is 0 Å². The van der Waals surface area contributed by atoms with Crippen LogP contribution in [0, 0.1) is 22.2 Å². The van der Waals surface area contributed by atoms with Crippen LogP contribution in [0.4, 0.5) is 0 Å². The highest BCUT2D eigenvalue weighted by Crippen LogP contribution is 2.34. The summed E-state index contributed by atoms with van der Waals surface area (Å²) in [6, 6.07) is 0.299. The molecule has 4 nitrogen and oxygen atoms in total. The third-order valence-corrected chi connectivity index (χ3v) is 6.50. The van der Waals surface area contributed by atoms with Crippen LogP contribution >= 0.6 is 0 Å². The van der Waals surface area contributed by atoms with Crippen LogP contribution in [0.2, 0.25) is 0 Å². The number of rotatable bonds is 7. The second-order valence-electron chi connectivity index (χ2n) is 11.3. The molecule has 0 radical (unpaired) electrons. The van der Waals surface area contributed by atoms with Crippen LogP contribution in [0.25, 0.3) is 0 Å². The van der Waals surface area contributed by atoms with Crippen molar-refractivity contribution in [2.45, 2.75) is 101 Å². The van der Waals surface area contributed by atoms with Crippen LogP contribution in [-0.4, -0.2) is 47.8 Å². The van der Waals surface area contributed by atoms with Gasteiger partial charge < -0.3 is 9.80 Å². The molecule has 3 atom stereocenters. The Labute approximate surface area is 169 Å². The zero-order chi connectivity index (χ0) is 22.0. The Morgan fingerprint density at radius 1 is 0.778 bits per heavy atom. The minimum Gasteiger partial charge on any atom is -0.342 e. The Balaban J connectivity index is 4.97. The first-order chi connectivity index (χ1) is 11.8. The van der Waals surface area contributed by atoms with Gasteiger partial charge in [-0.15, -0.1) is 0 Å². The summed E-state index contributed by atoms with van der Waals surface area (Å²) in [7, 11) is 3.81. The number of nitrogens with zero attached hydrogens (tertiary/aromatic N) is 2. The van der Waals surface area contributed by atoms with Gasteiger partial charge in [0.15, 0.2) is 0 Å². The van der Waals surface area contributed by atoms with E-state index in [4.69, 9.17) is 0 Å². The lowest BCUT2D eigenvalue weighted by Crippen LogP contribution is -2.48. The molecule has 0 N–H and O–H groups in total. The summed E-state index contributed by atoms with van der Waals surface area (Å²) in [5.41, 5.74) is -0.374. The molecule has 0 bridgehead atoms. The molecule has 0 fully saturated rings. The van der Waals surface area contributed by atoms with Gasteiger partial charge in [0.25, 0.3) is 0 Å². The highest BCUT2D eigenvalue weighted by atomic mass is 16.2. The van der Waals surface area contributed by atoms with E-state index in [1.54, 1.807) is 0 Å². The number of amides is 2. The minimum atomic E-state index is -0.381. The fraction of sp³-hybridized carbons (Fsp3) is 0.913. The van der Waals surface area contributed by atoms with Gasteiger partial charge in [0, 0.05) is 37.5 Å². The predicted molar refractivity (Wildman–Crippen MR) is 116 cm³/mol. The third-order valence-electron chi connectivity index (χ3n) is 6.50. The SMILES string of the molecule is CC(CCC(C)(C)[C@H](C)N(C)C(=O)C(C)(C)C)C(=O)N(C)[C@H](C)C(C)(C)C. The first kappa shape index (κ1) is 25.9. The lowest BCUT2D eigenvalue weighted by atomic mass is 9.77. The highest BCUT2D eigenvalue weighted by Gasteiger charge is 2.36. The predicted octanol–water partition coefficient (Wildman–Crippen LogP) is 5.21. The smallest absolute Gasteiger partial charge is 0.227 e. The van der Waals surface area contributed by atoms with E-state index in [9.17, 15) is 9.59 Å². The van der Waals surface area contributed by atoms with E-state index in [0.717, 1.165) is 12.8 Å². The fourth-order valence-electron chi connectivity index (χ4n) is 3.27. The Morgan fingerprint density at radius 2 is 1.22 bits per heavy atom. The first-order valence-corrected chi connectivity index (χ1v) is 10.4. The van der Waals surface area contributed by atoms with Crippen molar-refractivity contribution < 1.29 is 9.59 Å². The molecular weight excluding hydrogens is 336 g/mol. The van der Waals surface area contributed by atoms with Gasteiger partial charge in [0.05, 0.1) is 0 Å². The molecule has 2 amide bonds. The lowest BCUT2D eigenvalue weighted by Gasteiger charge is -2.41. The van der Waals surface area contributed by atoms with Gasteiger partial charge in [-0.25, -0.2) is 0 Å². The molecular formula is C23H46N2O2. The summed E-state index contributed by atoms with van der Waals surface area (Å²) in [6.07, 6.45) is 1.73. The molecule has 0 rings (SSSR count). The van der Waals surface area contributed by atoms with Crippen LogP contribution in [0.5, 0.6) is 0 Å². The van der Waals surface area contributed by atoms with Gasteiger partial charge in [-0.3, -0.25) is 9.59 Å². The van der Waals surface area contributed by atoms with Crippen molar-refractivity contribution in [3.05, 3.63) is 0 Å². The summed E-state index contributed by atoms with van der Waals surface area (Å²) in [6.45, 7) is 23.0. The normalized spacial score (nSPS) is 16.5. The van der Waals surface area contributed by atoms with Crippen molar-refractivity contribution in [1.82, 2.24) is 9.80 Å². The maximum atomic E-state index is 12.9. The molecule has 4 heteroatoms. The van der Waals surface area contributed by atoms with Crippen LogP contribution in [0.15, 0.2) is 0 Å². The van der Waals surface area contributed by atoms with Crippen LogP contribution in [0.3, 0.4) is 0 Å². The van der Waals surface area contributed by atoms with Crippen molar-refractivity contribution in [3.8, 4) is 0 Å². The Kier molecular flexibility index (Phi) is 8.61. The van der Waals surface area contributed by atoms with Gasteiger partial charge in [0.2, 0.25) is 11.8 Å². The largest absolute Gasteiger partial charge is 0.342 e. The molecule has 1 unspecified atom stereocenters. The maximum Gasteiger partial charge on any atom is 0.227 e. The average Bonchev–Trinajstić information content (AvgIpc) is 2.53. The van der Waals surface area contributed by atoms with Gasteiger partial charge >= 0.3 is 0 Å². The summed E-state index contributed by atoms with van der Waals surface area (Å²) in [5, 5.41) is 0. The molecule has 0 spiro atoms. The molecule has 0 aliphatic carbocycles. The fourth-order valence-corrected chi connectivity index (χ4v) is 3.27. The van der Waals surface area contributed by atoms with Gasteiger partial charge in [-0.1, -0.05) is 62.3 Å². The Hall–Kier alpha value is -1.06. The monoisotopic (exact) mass is 382 g/mol. The molecule has 0 aromatic heterocycles. The van der Waals surface area contributed by atoms with Crippen LogP contribution in [-0.2, 0) is 9.59 Å². The zero-order valence-electron chi connectivity index (χ0n) is 20.4.